The van der Waals surface area contributed by atoms with Gasteiger partial charge in [-0.2, -0.15) is 11.3 Å². The first-order valence-corrected chi connectivity index (χ1v) is 6.01. The Morgan fingerprint density at radius 3 is 2.73 bits per heavy atom. The number of nitrogens with zero attached hydrogens (tertiary/aromatic N) is 1. The maximum Gasteiger partial charge on any atom is 0.254 e. The van der Waals surface area contributed by atoms with Crippen LogP contribution in [0.1, 0.15) is 24.2 Å². The van der Waals surface area contributed by atoms with Crippen LogP contribution in [0.5, 0.6) is 0 Å². The summed E-state index contributed by atoms with van der Waals surface area (Å²) in [6.45, 7) is 4.87. The molecule has 0 spiro atoms. The number of hydrogen-bond donors (Lipinski definition) is 1. The summed E-state index contributed by atoms with van der Waals surface area (Å²) >= 11 is 1.52. The number of likely N-dealkylation sites (tertiary alicyclic amines) is 1. The van der Waals surface area contributed by atoms with Crippen LogP contribution in [-0.4, -0.2) is 34.6 Å². The largest absolute Gasteiger partial charge is 0.386 e. The van der Waals surface area contributed by atoms with Crippen LogP contribution >= 0.6 is 11.3 Å². The fourth-order valence-corrected chi connectivity index (χ4v) is 2.32. The molecular weight excluding hydrogens is 210 g/mol. The van der Waals surface area contributed by atoms with Crippen LogP contribution in [0.2, 0.25) is 0 Å². The fourth-order valence-electron chi connectivity index (χ4n) is 1.69. The van der Waals surface area contributed by atoms with E-state index in [4.69, 9.17) is 0 Å². The highest BCUT2D eigenvalue weighted by molar-refractivity contribution is 7.08. The molecule has 1 fully saturated rings. The van der Waals surface area contributed by atoms with Gasteiger partial charge in [-0.05, 0) is 17.4 Å². The molecule has 1 aromatic rings. The van der Waals surface area contributed by atoms with Crippen molar-refractivity contribution in [3.05, 3.63) is 22.4 Å². The van der Waals surface area contributed by atoms with Crippen molar-refractivity contribution < 1.29 is 9.90 Å². The molecule has 0 aliphatic carbocycles. The molecular formula is C11H15NO2S. The molecule has 1 aromatic heterocycles. The molecule has 0 atom stereocenters. The van der Waals surface area contributed by atoms with Gasteiger partial charge in [-0.15, -0.1) is 0 Å². The molecule has 3 nitrogen and oxygen atoms in total. The van der Waals surface area contributed by atoms with Crippen molar-refractivity contribution >= 4 is 17.2 Å². The zero-order valence-electron chi connectivity index (χ0n) is 8.93. The van der Waals surface area contributed by atoms with E-state index in [0.29, 0.717) is 13.1 Å². The summed E-state index contributed by atoms with van der Waals surface area (Å²) in [7, 11) is 0. The van der Waals surface area contributed by atoms with Crippen LogP contribution in [0, 0.1) is 5.92 Å². The van der Waals surface area contributed by atoms with Crippen LogP contribution in [0.15, 0.2) is 16.8 Å². The Hall–Kier alpha value is -0.870. The van der Waals surface area contributed by atoms with Crippen molar-refractivity contribution in [3.63, 3.8) is 0 Å². The van der Waals surface area contributed by atoms with Crippen molar-refractivity contribution in [2.75, 3.05) is 13.1 Å². The number of thiophene rings is 1. The Morgan fingerprint density at radius 1 is 1.60 bits per heavy atom. The minimum atomic E-state index is -0.675. The van der Waals surface area contributed by atoms with E-state index in [-0.39, 0.29) is 11.8 Å². The molecule has 15 heavy (non-hydrogen) atoms. The lowest BCUT2D eigenvalue weighted by molar-refractivity contribution is -0.110. The van der Waals surface area contributed by atoms with Gasteiger partial charge in [0.05, 0.1) is 18.7 Å². The normalized spacial score (nSPS) is 19.1. The first kappa shape index (κ1) is 10.6. The summed E-state index contributed by atoms with van der Waals surface area (Å²) < 4.78 is 0. The van der Waals surface area contributed by atoms with Gasteiger partial charge in [0.25, 0.3) is 5.91 Å². The molecule has 1 aliphatic rings. The predicted molar refractivity (Wildman–Crippen MR) is 60.0 cm³/mol. The van der Waals surface area contributed by atoms with Crippen molar-refractivity contribution in [2.45, 2.75) is 19.4 Å². The Kier molecular flexibility index (Phi) is 2.56. The predicted octanol–water partition coefficient (Wildman–Crippen LogP) is 1.59. The molecule has 1 aliphatic heterocycles. The lowest BCUT2D eigenvalue weighted by atomic mass is 9.83. The van der Waals surface area contributed by atoms with E-state index >= 15 is 0 Å². The monoisotopic (exact) mass is 225 g/mol. The molecule has 0 bridgehead atoms. The molecule has 0 aromatic carbocycles. The summed E-state index contributed by atoms with van der Waals surface area (Å²) in [5, 5.41) is 13.7. The zero-order valence-corrected chi connectivity index (χ0v) is 9.75. The third-order valence-corrected chi connectivity index (χ3v) is 3.74. The van der Waals surface area contributed by atoms with Gasteiger partial charge in [0.2, 0.25) is 0 Å². The SMILES string of the molecule is CC(C)C1(O)CN(C(=O)c2ccsc2)C1. The molecule has 0 radical (unpaired) electrons. The van der Waals surface area contributed by atoms with E-state index in [1.54, 1.807) is 4.90 Å². The quantitative estimate of drug-likeness (QED) is 0.830. The summed E-state index contributed by atoms with van der Waals surface area (Å²) in [4.78, 5) is 13.5. The third-order valence-electron chi connectivity index (χ3n) is 3.06. The first-order chi connectivity index (χ1) is 7.03. The number of β-amino-alcohol motifs (C(OH)–C–C–N with tert-alkyl or cyclic N) is 1. The highest BCUT2D eigenvalue weighted by atomic mass is 32.1. The number of carbonyl (C=O) groups is 1. The van der Waals surface area contributed by atoms with Crippen molar-refractivity contribution in [2.24, 2.45) is 5.92 Å². The van der Waals surface area contributed by atoms with E-state index in [2.05, 4.69) is 0 Å². The van der Waals surface area contributed by atoms with Crippen molar-refractivity contribution in [1.29, 1.82) is 0 Å². The lowest BCUT2D eigenvalue weighted by Crippen LogP contribution is -2.65. The van der Waals surface area contributed by atoms with Gasteiger partial charge in [0.15, 0.2) is 0 Å². The van der Waals surface area contributed by atoms with Gasteiger partial charge in [0, 0.05) is 5.38 Å². The summed E-state index contributed by atoms with van der Waals surface area (Å²) in [5.74, 6) is 0.227. The fraction of sp³-hybridized carbons (Fsp3) is 0.545. The maximum atomic E-state index is 11.8. The average molecular weight is 225 g/mol. The summed E-state index contributed by atoms with van der Waals surface area (Å²) in [6.07, 6.45) is 0. The average Bonchev–Trinajstić information content (AvgIpc) is 2.64. The maximum absolute atomic E-state index is 11.8. The van der Waals surface area contributed by atoms with Gasteiger partial charge in [-0.25, -0.2) is 0 Å². The van der Waals surface area contributed by atoms with Gasteiger partial charge in [-0.3, -0.25) is 4.79 Å². The van der Waals surface area contributed by atoms with Crippen molar-refractivity contribution in [3.8, 4) is 0 Å². The van der Waals surface area contributed by atoms with E-state index < -0.39 is 5.60 Å². The highest BCUT2D eigenvalue weighted by Gasteiger charge is 2.45. The van der Waals surface area contributed by atoms with Gasteiger partial charge < -0.3 is 10.0 Å². The molecule has 1 N–H and O–H groups in total. The molecule has 1 saturated heterocycles. The Labute approximate surface area is 93.3 Å². The third kappa shape index (κ3) is 1.79. The van der Waals surface area contributed by atoms with Crippen molar-refractivity contribution in [1.82, 2.24) is 4.90 Å². The van der Waals surface area contributed by atoms with Crippen LogP contribution in [0.3, 0.4) is 0 Å². The summed E-state index contributed by atoms with van der Waals surface area (Å²) in [5.41, 5.74) is 0.0527. The topological polar surface area (TPSA) is 40.5 Å². The molecule has 0 unspecified atom stereocenters. The van der Waals surface area contributed by atoms with Crippen LogP contribution in [-0.2, 0) is 0 Å². The second kappa shape index (κ2) is 3.61. The van der Waals surface area contributed by atoms with E-state index in [9.17, 15) is 9.90 Å². The molecule has 0 saturated carbocycles. The number of carbonyl (C=O) groups excluding carboxylic acids is 1. The summed E-state index contributed by atoms with van der Waals surface area (Å²) in [6, 6.07) is 1.82. The first-order valence-electron chi connectivity index (χ1n) is 5.07. The number of aliphatic hydroxyl groups is 1. The molecule has 1 amide bonds. The minimum Gasteiger partial charge on any atom is -0.386 e. The zero-order chi connectivity index (χ0) is 11.1. The van der Waals surface area contributed by atoms with Gasteiger partial charge >= 0.3 is 0 Å². The van der Waals surface area contributed by atoms with Gasteiger partial charge in [0.1, 0.15) is 5.60 Å². The number of hydrogen-bond acceptors (Lipinski definition) is 3. The molecule has 2 rings (SSSR count). The second-order valence-corrected chi connectivity index (χ2v) is 5.21. The minimum absolute atomic E-state index is 0.0292. The smallest absolute Gasteiger partial charge is 0.254 e. The molecule has 4 heteroatoms. The Bertz CT molecular complexity index is 353. The highest BCUT2D eigenvalue weighted by Crippen LogP contribution is 2.29. The standard InChI is InChI=1S/C11H15NO2S/c1-8(2)11(14)6-12(7-11)10(13)9-3-4-15-5-9/h3-5,8,14H,6-7H2,1-2H3. The van der Waals surface area contributed by atoms with E-state index in [1.165, 1.54) is 11.3 Å². The Morgan fingerprint density at radius 2 is 2.27 bits per heavy atom. The van der Waals surface area contributed by atoms with Crippen LogP contribution in [0.25, 0.3) is 0 Å². The lowest BCUT2D eigenvalue weighted by Gasteiger charge is -2.48. The van der Waals surface area contributed by atoms with Crippen LogP contribution < -0.4 is 0 Å². The van der Waals surface area contributed by atoms with E-state index in [0.717, 1.165) is 5.56 Å². The molecule has 82 valence electrons. The van der Waals surface area contributed by atoms with E-state index in [1.807, 2.05) is 30.7 Å². The van der Waals surface area contributed by atoms with Gasteiger partial charge in [-0.1, -0.05) is 13.8 Å². The second-order valence-electron chi connectivity index (χ2n) is 4.43. The Balaban J connectivity index is 1.98. The number of amides is 1. The van der Waals surface area contributed by atoms with Crippen LogP contribution in [0.4, 0.5) is 0 Å². The molecule has 2 heterocycles. The number of rotatable bonds is 2.